The predicted molar refractivity (Wildman–Crippen MR) is 111 cm³/mol. The quantitative estimate of drug-likeness (QED) is 0.375. The van der Waals surface area contributed by atoms with E-state index in [-0.39, 0.29) is 24.0 Å². The van der Waals surface area contributed by atoms with Crippen molar-refractivity contribution >= 4 is 52.6 Å². The fourth-order valence-electron chi connectivity index (χ4n) is 1.94. The van der Waals surface area contributed by atoms with E-state index in [0.29, 0.717) is 0 Å². The van der Waals surface area contributed by atoms with E-state index in [2.05, 4.69) is 39.4 Å². The van der Waals surface area contributed by atoms with E-state index in [1.54, 1.807) is 29.7 Å². The van der Waals surface area contributed by atoms with Gasteiger partial charge in [0.1, 0.15) is 0 Å². The van der Waals surface area contributed by atoms with Crippen LogP contribution in [0.2, 0.25) is 0 Å². The Balaban J connectivity index is 0.00000264. The van der Waals surface area contributed by atoms with Gasteiger partial charge >= 0.3 is 0 Å². The van der Waals surface area contributed by atoms with E-state index in [1.165, 1.54) is 14.8 Å². The lowest BCUT2D eigenvalue weighted by Gasteiger charge is -2.10. The number of aliphatic imine (C=N–C) groups is 1. The topological polar surface area (TPSA) is 62.2 Å². The van der Waals surface area contributed by atoms with E-state index in [9.17, 15) is 0 Å². The second-order valence-electron chi connectivity index (χ2n) is 4.86. The largest absolute Gasteiger partial charge is 0.356 e. The molecule has 128 valence electrons. The number of nitrogens with one attached hydrogen (secondary N) is 2. The van der Waals surface area contributed by atoms with Crippen molar-refractivity contribution in [3.63, 3.8) is 0 Å². The van der Waals surface area contributed by atoms with Crippen molar-refractivity contribution in [1.82, 2.24) is 20.6 Å². The third-order valence-corrected chi connectivity index (χ3v) is 5.28. The summed E-state index contributed by atoms with van der Waals surface area (Å²) in [4.78, 5) is 15.6. The van der Waals surface area contributed by atoms with Crippen molar-refractivity contribution in [2.24, 2.45) is 4.99 Å². The van der Waals surface area contributed by atoms with Gasteiger partial charge in [-0.1, -0.05) is 6.92 Å². The maximum absolute atomic E-state index is 4.43. The maximum atomic E-state index is 4.43. The highest BCUT2D eigenvalue weighted by Crippen LogP contribution is 2.13. The molecule has 2 N–H and O–H groups in total. The molecule has 23 heavy (non-hydrogen) atoms. The fourth-order valence-corrected chi connectivity index (χ4v) is 3.59. The number of aromatic nitrogens is 2. The average molecular weight is 465 g/mol. The summed E-state index contributed by atoms with van der Waals surface area (Å²) in [5.41, 5.74) is 0. The first-order valence-corrected chi connectivity index (χ1v) is 9.14. The maximum Gasteiger partial charge on any atom is 0.191 e. The molecule has 2 aromatic heterocycles. The Labute approximate surface area is 163 Å². The summed E-state index contributed by atoms with van der Waals surface area (Å²) in [5, 5.41) is 8.98. The second-order valence-corrected chi connectivity index (χ2v) is 7.38. The molecule has 0 aromatic carbocycles. The Morgan fingerprint density at radius 2 is 1.70 bits per heavy atom. The van der Waals surface area contributed by atoms with Crippen molar-refractivity contribution in [2.45, 2.75) is 33.1 Å². The van der Waals surface area contributed by atoms with Crippen molar-refractivity contribution < 1.29 is 0 Å². The third kappa shape index (κ3) is 7.13. The van der Waals surface area contributed by atoms with Gasteiger partial charge in [0.05, 0.1) is 10.0 Å². The third-order valence-electron chi connectivity index (χ3n) is 3.11. The number of halogens is 1. The molecular weight excluding hydrogens is 441 g/mol. The number of hydrogen-bond acceptors (Lipinski definition) is 5. The van der Waals surface area contributed by atoms with Gasteiger partial charge in [0.2, 0.25) is 0 Å². The van der Waals surface area contributed by atoms with E-state index in [0.717, 1.165) is 43.3 Å². The number of thiazole rings is 2. The Hall–Kier alpha value is -0.740. The predicted octanol–water partition coefficient (Wildman–Crippen LogP) is 3.04. The minimum Gasteiger partial charge on any atom is -0.356 e. The van der Waals surface area contributed by atoms with Gasteiger partial charge in [-0.05, 0) is 13.3 Å². The highest BCUT2D eigenvalue weighted by atomic mass is 127. The van der Waals surface area contributed by atoms with Crippen LogP contribution < -0.4 is 10.6 Å². The standard InChI is InChI=1S/C15H23N5S2.HI/c1-4-12-10-20-14(22-12)6-8-18-15(16-3)17-7-5-13-19-9-11(2)21-13;/h9-10H,4-8H2,1-3H3,(H2,16,17,18);1H. The molecule has 5 nitrogen and oxygen atoms in total. The molecule has 0 atom stereocenters. The zero-order chi connectivity index (χ0) is 15.8. The van der Waals surface area contributed by atoms with Gasteiger partial charge < -0.3 is 10.6 Å². The summed E-state index contributed by atoms with van der Waals surface area (Å²) in [5.74, 6) is 0.834. The number of rotatable bonds is 7. The second kappa shape index (κ2) is 10.9. The van der Waals surface area contributed by atoms with E-state index >= 15 is 0 Å². The van der Waals surface area contributed by atoms with Gasteiger partial charge in [-0.3, -0.25) is 4.99 Å². The molecule has 0 aliphatic heterocycles. The van der Waals surface area contributed by atoms with Crippen LogP contribution in [0.5, 0.6) is 0 Å². The molecule has 0 bridgehead atoms. The Bertz CT molecular complexity index is 609. The lowest BCUT2D eigenvalue weighted by molar-refractivity contribution is 0.780. The number of hydrogen-bond donors (Lipinski definition) is 2. The van der Waals surface area contributed by atoms with Crippen LogP contribution in [-0.2, 0) is 19.3 Å². The van der Waals surface area contributed by atoms with Gasteiger partial charge in [-0.25, -0.2) is 9.97 Å². The monoisotopic (exact) mass is 465 g/mol. The van der Waals surface area contributed by atoms with Gasteiger partial charge in [-0.2, -0.15) is 0 Å². The van der Waals surface area contributed by atoms with Crippen LogP contribution in [0, 0.1) is 6.92 Å². The number of guanidine groups is 1. The van der Waals surface area contributed by atoms with Crippen LogP contribution in [0.4, 0.5) is 0 Å². The summed E-state index contributed by atoms with van der Waals surface area (Å²) in [7, 11) is 1.79. The van der Waals surface area contributed by atoms with Gasteiger partial charge in [-0.15, -0.1) is 46.7 Å². The molecule has 0 aliphatic rings. The van der Waals surface area contributed by atoms with Crippen molar-refractivity contribution in [2.75, 3.05) is 20.1 Å². The van der Waals surface area contributed by atoms with Crippen LogP contribution in [0.1, 0.15) is 26.7 Å². The molecule has 0 amide bonds. The number of aryl methyl sites for hydroxylation is 2. The molecule has 0 unspecified atom stereocenters. The van der Waals surface area contributed by atoms with Crippen molar-refractivity contribution in [1.29, 1.82) is 0 Å². The first-order chi connectivity index (χ1) is 10.7. The Morgan fingerprint density at radius 1 is 1.09 bits per heavy atom. The highest BCUT2D eigenvalue weighted by Gasteiger charge is 2.03. The molecule has 0 aliphatic carbocycles. The fraction of sp³-hybridized carbons (Fsp3) is 0.533. The molecule has 0 radical (unpaired) electrons. The summed E-state index contributed by atoms with van der Waals surface area (Å²) < 4.78 is 0. The van der Waals surface area contributed by atoms with Crippen LogP contribution >= 0.6 is 46.7 Å². The molecule has 0 saturated heterocycles. The molecule has 2 aromatic rings. The summed E-state index contributed by atoms with van der Waals surface area (Å²) in [6.07, 6.45) is 6.81. The van der Waals surface area contributed by atoms with Gasteiger partial charge in [0, 0.05) is 55.1 Å². The van der Waals surface area contributed by atoms with Gasteiger partial charge in [0.25, 0.3) is 0 Å². The molecular formula is C15H24IN5S2. The van der Waals surface area contributed by atoms with Crippen LogP contribution in [-0.4, -0.2) is 36.1 Å². The first-order valence-electron chi connectivity index (χ1n) is 7.50. The molecule has 0 fully saturated rings. The van der Waals surface area contributed by atoms with Crippen molar-refractivity contribution in [3.05, 3.63) is 32.2 Å². The van der Waals surface area contributed by atoms with E-state index < -0.39 is 0 Å². The SMILES string of the molecule is CCc1cnc(CCNC(=NC)NCCc2ncc(C)s2)s1.I. The summed E-state index contributed by atoms with van der Waals surface area (Å²) in [6, 6.07) is 0. The van der Waals surface area contributed by atoms with E-state index in [1.807, 2.05) is 12.4 Å². The van der Waals surface area contributed by atoms with Crippen LogP contribution in [0.25, 0.3) is 0 Å². The zero-order valence-corrected chi connectivity index (χ0v) is 17.7. The normalized spacial score (nSPS) is 11.2. The Morgan fingerprint density at radius 3 is 2.17 bits per heavy atom. The van der Waals surface area contributed by atoms with Crippen molar-refractivity contribution in [3.8, 4) is 0 Å². The molecule has 2 rings (SSSR count). The molecule has 0 spiro atoms. The lowest BCUT2D eigenvalue weighted by Crippen LogP contribution is -2.39. The first kappa shape index (κ1) is 20.3. The Kier molecular flexibility index (Phi) is 9.65. The molecule has 0 saturated carbocycles. The van der Waals surface area contributed by atoms with Gasteiger partial charge in [0.15, 0.2) is 5.96 Å². The van der Waals surface area contributed by atoms with Crippen LogP contribution in [0.15, 0.2) is 17.4 Å². The van der Waals surface area contributed by atoms with E-state index in [4.69, 9.17) is 0 Å². The van der Waals surface area contributed by atoms with Crippen LogP contribution in [0.3, 0.4) is 0 Å². The minimum absolute atomic E-state index is 0. The summed E-state index contributed by atoms with van der Waals surface area (Å²) in [6.45, 7) is 5.92. The smallest absolute Gasteiger partial charge is 0.191 e. The average Bonchev–Trinajstić information content (AvgIpc) is 3.14. The number of nitrogens with zero attached hydrogens (tertiary/aromatic N) is 3. The minimum atomic E-state index is 0. The zero-order valence-electron chi connectivity index (χ0n) is 13.8. The molecule has 8 heteroatoms. The molecule has 2 heterocycles. The lowest BCUT2D eigenvalue weighted by atomic mass is 10.4. The summed E-state index contributed by atoms with van der Waals surface area (Å²) >= 11 is 3.54. The highest BCUT2D eigenvalue weighted by molar-refractivity contribution is 14.0.